The lowest BCUT2D eigenvalue weighted by Crippen LogP contribution is -2.41. The van der Waals surface area contributed by atoms with E-state index in [0.717, 1.165) is 16.5 Å². The monoisotopic (exact) mass is 433 g/mol. The van der Waals surface area contributed by atoms with Gasteiger partial charge in [0.2, 0.25) is 5.91 Å². The van der Waals surface area contributed by atoms with Crippen molar-refractivity contribution in [3.8, 4) is 5.75 Å². The van der Waals surface area contributed by atoms with Gasteiger partial charge in [0.05, 0.1) is 25.1 Å². The van der Waals surface area contributed by atoms with E-state index >= 15 is 0 Å². The quantitative estimate of drug-likeness (QED) is 0.430. The highest BCUT2D eigenvalue weighted by Gasteiger charge is 2.18. The van der Waals surface area contributed by atoms with Crippen molar-refractivity contribution in [2.75, 3.05) is 38.2 Å². The highest BCUT2D eigenvalue weighted by molar-refractivity contribution is 6.14. The van der Waals surface area contributed by atoms with Crippen molar-refractivity contribution in [2.45, 2.75) is 6.61 Å². The van der Waals surface area contributed by atoms with Gasteiger partial charge >= 0.3 is 0 Å². The van der Waals surface area contributed by atoms with Crippen molar-refractivity contribution in [2.24, 2.45) is 0 Å². The average Bonchev–Trinajstić information content (AvgIpc) is 3.21. The molecule has 0 atom stereocenters. The normalized spacial score (nSPS) is 14.6. The Labute approximate surface area is 183 Å². The molecule has 2 aromatic carbocycles. The summed E-state index contributed by atoms with van der Waals surface area (Å²) >= 11 is 0. The minimum absolute atomic E-state index is 0.196. The first-order valence-corrected chi connectivity index (χ1v) is 10.5. The molecule has 5 rings (SSSR count). The van der Waals surface area contributed by atoms with Gasteiger partial charge in [-0.3, -0.25) is 14.5 Å². The van der Waals surface area contributed by atoms with E-state index in [0.29, 0.717) is 55.4 Å². The van der Waals surface area contributed by atoms with Crippen LogP contribution in [0, 0.1) is 0 Å². The van der Waals surface area contributed by atoms with Crippen LogP contribution in [0.1, 0.15) is 5.56 Å². The Morgan fingerprint density at radius 2 is 1.97 bits per heavy atom. The molecule has 0 saturated carbocycles. The minimum Gasteiger partial charge on any atom is -0.489 e. The number of hydrogen-bond acceptors (Lipinski definition) is 6. The zero-order valence-electron chi connectivity index (χ0n) is 17.4. The van der Waals surface area contributed by atoms with Crippen molar-refractivity contribution in [1.82, 2.24) is 20.1 Å². The molecule has 4 aromatic rings. The van der Waals surface area contributed by atoms with Crippen LogP contribution >= 0.6 is 0 Å². The van der Waals surface area contributed by atoms with Crippen LogP contribution in [0.25, 0.3) is 21.8 Å². The number of rotatable bonds is 6. The second-order valence-corrected chi connectivity index (χ2v) is 7.69. The second kappa shape index (κ2) is 8.81. The van der Waals surface area contributed by atoms with Crippen molar-refractivity contribution < 1.29 is 14.3 Å². The molecule has 0 spiro atoms. The predicted octanol–water partition coefficient (Wildman–Crippen LogP) is 2.25. The Morgan fingerprint density at radius 1 is 1.16 bits per heavy atom. The Hall–Kier alpha value is -3.69. The van der Waals surface area contributed by atoms with Crippen LogP contribution < -0.4 is 15.6 Å². The number of carbonyl (C=O) groups is 1. The number of hydrogen-bond donors (Lipinski definition) is 3. The average molecular weight is 433 g/mol. The summed E-state index contributed by atoms with van der Waals surface area (Å²) in [5, 5.41) is 10.7. The maximum absolute atomic E-state index is 12.6. The van der Waals surface area contributed by atoms with E-state index in [1.54, 1.807) is 0 Å². The maximum Gasteiger partial charge on any atom is 0.288 e. The fraction of sp³-hybridized carbons (Fsp3) is 0.261. The standard InChI is InChI=1S/C23H23N5O4/c29-19(13-28-8-10-31-11-9-28)25-22-20-17-12-16(32-14-15-4-2-1-3-5-15)6-7-18(17)24-21(20)23(30)27-26-22/h1-7,12,24H,8-11,13-14H2,(H,27,30)(H,25,26,29). The Morgan fingerprint density at radius 3 is 2.78 bits per heavy atom. The van der Waals surface area contributed by atoms with Gasteiger partial charge in [0, 0.05) is 24.0 Å². The summed E-state index contributed by atoms with van der Waals surface area (Å²) in [6.07, 6.45) is 0. The van der Waals surface area contributed by atoms with E-state index in [9.17, 15) is 9.59 Å². The van der Waals surface area contributed by atoms with Crippen molar-refractivity contribution in [1.29, 1.82) is 0 Å². The highest BCUT2D eigenvalue weighted by atomic mass is 16.5. The Bertz CT molecular complexity index is 1310. The number of fused-ring (bicyclic) bond motifs is 3. The van der Waals surface area contributed by atoms with Gasteiger partial charge in [0.15, 0.2) is 5.82 Å². The number of nitrogens with one attached hydrogen (secondary N) is 3. The van der Waals surface area contributed by atoms with Crippen LogP contribution in [-0.4, -0.2) is 58.8 Å². The van der Waals surface area contributed by atoms with E-state index in [2.05, 4.69) is 20.5 Å². The molecule has 32 heavy (non-hydrogen) atoms. The predicted molar refractivity (Wildman–Crippen MR) is 121 cm³/mol. The van der Waals surface area contributed by atoms with E-state index in [1.807, 2.05) is 53.4 Å². The zero-order chi connectivity index (χ0) is 21.9. The van der Waals surface area contributed by atoms with Crippen molar-refractivity contribution in [3.05, 3.63) is 64.4 Å². The lowest BCUT2D eigenvalue weighted by atomic mass is 10.2. The van der Waals surface area contributed by atoms with Crippen LogP contribution in [0.2, 0.25) is 0 Å². The zero-order valence-corrected chi connectivity index (χ0v) is 17.4. The molecule has 0 unspecified atom stereocenters. The number of benzene rings is 2. The number of aromatic nitrogens is 3. The number of amides is 1. The molecule has 2 aromatic heterocycles. The summed E-state index contributed by atoms with van der Waals surface area (Å²) in [4.78, 5) is 30.2. The maximum atomic E-state index is 12.6. The fourth-order valence-electron chi connectivity index (χ4n) is 3.86. The molecule has 1 amide bonds. The fourth-order valence-corrected chi connectivity index (χ4v) is 3.86. The molecule has 1 saturated heterocycles. The molecule has 3 heterocycles. The highest BCUT2D eigenvalue weighted by Crippen LogP contribution is 2.31. The molecule has 1 aliphatic rings. The Kier molecular flexibility index (Phi) is 5.57. The van der Waals surface area contributed by atoms with Crippen molar-refractivity contribution >= 4 is 33.5 Å². The SMILES string of the molecule is O=C(CN1CCOCC1)Nc1n[nH]c(=O)c2[nH]c3ccc(OCc4ccccc4)cc3c12. The first-order valence-electron chi connectivity index (χ1n) is 10.5. The van der Waals surface area contributed by atoms with Gasteiger partial charge < -0.3 is 19.8 Å². The third-order valence-electron chi connectivity index (χ3n) is 5.48. The molecule has 1 aliphatic heterocycles. The molecular weight excluding hydrogens is 410 g/mol. The van der Waals surface area contributed by atoms with Gasteiger partial charge in [-0.05, 0) is 23.8 Å². The third kappa shape index (κ3) is 4.20. The largest absolute Gasteiger partial charge is 0.489 e. The molecule has 0 radical (unpaired) electrons. The molecule has 0 aliphatic carbocycles. The summed E-state index contributed by atoms with van der Waals surface area (Å²) in [5.74, 6) is 0.774. The number of carbonyl (C=O) groups excluding carboxylic acids is 1. The van der Waals surface area contributed by atoms with Gasteiger partial charge in [-0.1, -0.05) is 30.3 Å². The first kappa shape index (κ1) is 20.2. The van der Waals surface area contributed by atoms with Crippen LogP contribution in [0.15, 0.2) is 53.3 Å². The summed E-state index contributed by atoms with van der Waals surface area (Å²) in [6.45, 7) is 3.30. The molecule has 9 nitrogen and oxygen atoms in total. The number of H-pyrrole nitrogens is 2. The third-order valence-corrected chi connectivity index (χ3v) is 5.48. The molecular formula is C23H23N5O4. The summed E-state index contributed by atoms with van der Waals surface area (Å²) in [5.41, 5.74) is 1.82. The topological polar surface area (TPSA) is 112 Å². The molecule has 3 N–H and O–H groups in total. The van der Waals surface area contributed by atoms with Gasteiger partial charge in [-0.2, -0.15) is 5.10 Å². The van der Waals surface area contributed by atoms with Crippen molar-refractivity contribution in [3.63, 3.8) is 0 Å². The lowest BCUT2D eigenvalue weighted by Gasteiger charge is -2.25. The van der Waals surface area contributed by atoms with E-state index in [1.165, 1.54) is 0 Å². The molecule has 164 valence electrons. The number of aromatic amines is 2. The summed E-state index contributed by atoms with van der Waals surface area (Å²) in [7, 11) is 0. The number of ether oxygens (including phenoxy) is 2. The lowest BCUT2D eigenvalue weighted by molar-refractivity contribution is -0.118. The smallest absolute Gasteiger partial charge is 0.288 e. The molecule has 0 bridgehead atoms. The summed E-state index contributed by atoms with van der Waals surface area (Å²) < 4.78 is 11.3. The van der Waals surface area contributed by atoms with Crippen LogP contribution in [0.4, 0.5) is 5.82 Å². The van der Waals surface area contributed by atoms with Gasteiger partial charge in [0.1, 0.15) is 17.9 Å². The minimum atomic E-state index is -0.353. The summed E-state index contributed by atoms with van der Waals surface area (Å²) in [6, 6.07) is 15.4. The first-order chi connectivity index (χ1) is 15.7. The van der Waals surface area contributed by atoms with E-state index < -0.39 is 0 Å². The molecule has 1 fully saturated rings. The van der Waals surface area contributed by atoms with Gasteiger partial charge in [0.25, 0.3) is 5.56 Å². The van der Waals surface area contributed by atoms with Crippen LogP contribution in [-0.2, 0) is 16.1 Å². The van der Waals surface area contributed by atoms with Gasteiger partial charge in [-0.25, -0.2) is 5.10 Å². The van der Waals surface area contributed by atoms with Gasteiger partial charge in [-0.15, -0.1) is 0 Å². The van der Waals surface area contributed by atoms with Crippen LogP contribution in [0.3, 0.4) is 0 Å². The number of nitrogens with zero attached hydrogens (tertiary/aromatic N) is 2. The van der Waals surface area contributed by atoms with E-state index in [-0.39, 0.29) is 18.0 Å². The second-order valence-electron chi connectivity index (χ2n) is 7.69. The van der Waals surface area contributed by atoms with E-state index in [4.69, 9.17) is 9.47 Å². The molecule has 9 heteroatoms. The number of anilines is 1. The Balaban J connectivity index is 1.44. The number of morpholine rings is 1. The van der Waals surface area contributed by atoms with Crippen LogP contribution in [0.5, 0.6) is 5.75 Å².